The average Bonchev–Trinajstić information content (AvgIpc) is 2.39. The summed E-state index contributed by atoms with van der Waals surface area (Å²) in [6.07, 6.45) is 0. The van der Waals surface area contributed by atoms with Gasteiger partial charge in [-0.25, -0.2) is 4.98 Å². The second-order valence-corrected chi connectivity index (χ2v) is 5.14. The molecule has 0 radical (unpaired) electrons. The Morgan fingerprint density at radius 2 is 1.95 bits per heavy atom. The monoisotopic (exact) mass is 334 g/mol. The first-order valence-corrected chi connectivity index (χ1v) is 6.73. The largest absolute Gasteiger partial charge is 0.320 e. The molecule has 0 aliphatic carbocycles. The number of nitrogens with one attached hydrogen (secondary N) is 1. The van der Waals surface area contributed by atoms with Gasteiger partial charge in [0.15, 0.2) is 0 Å². The number of thiol groups is 1. The van der Waals surface area contributed by atoms with Gasteiger partial charge in [0.1, 0.15) is 10.3 Å². The van der Waals surface area contributed by atoms with E-state index in [-0.39, 0.29) is 5.91 Å². The van der Waals surface area contributed by atoms with Crippen LogP contribution in [0.4, 0.5) is 5.69 Å². The van der Waals surface area contributed by atoms with E-state index in [0.717, 1.165) is 5.56 Å². The lowest BCUT2D eigenvalue weighted by Gasteiger charge is -2.10. The highest BCUT2D eigenvalue weighted by atomic mass is 79.9. The molecule has 1 N–H and O–H groups in total. The summed E-state index contributed by atoms with van der Waals surface area (Å²) in [5.41, 5.74) is 1.79. The fourth-order valence-electron chi connectivity index (χ4n) is 1.56. The molecule has 0 saturated carbocycles. The van der Waals surface area contributed by atoms with Gasteiger partial charge in [0, 0.05) is 16.2 Å². The van der Waals surface area contributed by atoms with E-state index in [0.29, 0.717) is 20.9 Å². The number of aromatic nitrogens is 1. The predicted molar refractivity (Wildman–Crippen MR) is 84.4 cm³/mol. The van der Waals surface area contributed by atoms with Crippen molar-refractivity contribution in [1.29, 1.82) is 0 Å². The molecule has 0 unspecified atom stereocenters. The highest BCUT2D eigenvalue weighted by Crippen LogP contribution is 2.25. The van der Waals surface area contributed by atoms with Crippen molar-refractivity contribution in [1.82, 2.24) is 4.98 Å². The SMILES string of the molecule is C=C(S)c1ccccc1NC(=O)c1cccc(Br)n1. The molecular formula is C14H11BrN2OS. The summed E-state index contributed by atoms with van der Waals surface area (Å²) in [6, 6.07) is 12.5. The second-order valence-electron chi connectivity index (χ2n) is 3.79. The molecule has 0 bridgehead atoms. The Kier molecular flexibility index (Phi) is 4.39. The van der Waals surface area contributed by atoms with Crippen molar-refractivity contribution in [2.24, 2.45) is 0 Å². The third-order valence-electron chi connectivity index (χ3n) is 2.43. The zero-order chi connectivity index (χ0) is 13.8. The molecule has 0 atom stereocenters. The number of amides is 1. The van der Waals surface area contributed by atoms with E-state index in [1.54, 1.807) is 24.3 Å². The number of hydrogen-bond donors (Lipinski definition) is 2. The van der Waals surface area contributed by atoms with E-state index in [9.17, 15) is 4.79 Å². The van der Waals surface area contributed by atoms with Crippen LogP contribution in [-0.4, -0.2) is 10.9 Å². The fourth-order valence-corrected chi connectivity index (χ4v) is 2.10. The van der Waals surface area contributed by atoms with Crippen molar-refractivity contribution < 1.29 is 4.79 Å². The molecule has 0 aliphatic heterocycles. The summed E-state index contributed by atoms with van der Waals surface area (Å²) >= 11 is 7.45. The van der Waals surface area contributed by atoms with Gasteiger partial charge >= 0.3 is 0 Å². The van der Waals surface area contributed by atoms with E-state index >= 15 is 0 Å². The molecule has 0 saturated heterocycles. The summed E-state index contributed by atoms with van der Waals surface area (Å²) in [5, 5.41) is 2.80. The van der Waals surface area contributed by atoms with Gasteiger partial charge in [-0.3, -0.25) is 4.79 Å². The lowest BCUT2D eigenvalue weighted by molar-refractivity contribution is 0.102. The minimum Gasteiger partial charge on any atom is -0.320 e. The molecule has 1 amide bonds. The first-order valence-electron chi connectivity index (χ1n) is 5.49. The predicted octanol–water partition coefficient (Wildman–Crippen LogP) is 4.00. The Morgan fingerprint density at radius 3 is 2.63 bits per heavy atom. The summed E-state index contributed by atoms with van der Waals surface area (Å²) in [4.78, 5) is 16.8. The standard InChI is InChI=1S/C14H11BrN2OS/c1-9(19)10-5-2-3-6-11(10)17-14(18)12-7-4-8-13(15)16-12/h2-8,19H,1H2,(H,17,18). The third kappa shape index (κ3) is 3.45. The number of anilines is 1. The van der Waals surface area contributed by atoms with Crippen LogP contribution in [0.25, 0.3) is 4.91 Å². The van der Waals surface area contributed by atoms with Crippen LogP contribution in [0.15, 0.2) is 53.6 Å². The van der Waals surface area contributed by atoms with E-state index in [4.69, 9.17) is 0 Å². The molecule has 0 spiro atoms. The molecule has 5 heteroatoms. The number of halogens is 1. The highest BCUT2D eigenvalue weighted by molar-refractivity contribution is 9.10. The van der Waals surface area contributed by atoms with Gasteiger partial charge in [-0.2, -0.15) is 0 Å². The first kappa shape index (κ1) is 13.8. The molecule has 0 fully saturated rings. The van der Waals surface area contributed by atoms with Crippen LogP contribution in [-0.2, 0) is 0 Å². The molecule has 2 rings (SSSR count). The van der Waals surface area contributed by atoms with E-state index in [1.165, 1.54) is 0 Å². The Bertz CT molecular complexity index is 643. The molecule has 1 aromatic heterocycles. The maximum absolute atomic E-state index is 12.1. The Balaban J connectivity index is 2.27. The van der Waals surface area contributed by atoms with E-state index in [2.05, 4.69) is 45.4 Å². The van der Waals surface area contributed by atoms with Crippen molar-refractivity contribution in [2.45, 2.75) is 0 Å². The molecule has 96 valence electrons. The van der Waals surface area contributed by atoms with Crippen molar-refractivity contribution >= 4 is 45.1 Å². The van der Waals surface area contributed by atoms with Gasteiger partial charge in [0.2, 0.25) is 0 Å². The molecule has 2 aromatic rings. The quantitative estimate of drug-likeness (QED) is 0.658. The Morgan fingerprint density at radius 1 is 1.21 bits per heavy atom. The van der Waals surface area contributed by atoms with Crippen LogP contribution in [0, 0.1) is 0 Å². The minimum atomic E-state index is -0.275. The normalized spacial score (nSPS) is 10.0. The summed E-state index contributed by atoms with van der Waals surface area (Å²) in [7, 11) is 0. The number of nitrogens with zero attached hydrogens (tertiary/aromatic N) is 1. The van der Waals surface area contributed by atoms with E-state index < -0.39 is 0 Å². The molecule has 1 heterocycles. The number of carbonyl (C=O) groups excluding carboxylic acids is 1. The van der Waals surface area contributed by atoms with Gasteiger partial charge < -0.3 is 5.32 Å². The number of para-hydroxylation sites is 1. The van der Waals surface area contributed by atoms with Gasteiger partial charge in [-0.1, -0.05) is 30.8 Å². The van der Waals surface area contributed by atoms with Crippen LogP contribution < -0.4 is 5.32 Å². The number of pyridine rings is 1. The van der Waals surface area contributed by atoms with Crippen LogP contribution in [0.1, 0.15) is 16.1 Å². The highest BCUT2D eigenvalue weighted by Gasteiger charge is 2.10. The number of rotatable bonds is 3. The first-order chi connectivity index (χ1) is 9.08. The van der Waals surface area contributed by atoms with Crippen LogP contribution in [0.3, 0.4) is 0 Å². The summed E-state index contributed by atoms with van der Waals surface area (Å²) < 4.78 is 0.618. The van der Waals surface area contributed by atoms with Crippen molar-refractivity contribution in [3.8, 4) is 0 Å². The fraction of sp³-hybridized carbons (Fsp3) is 0. The second kappa shape index (κ2) is 6.04. The van der Waals surface area contributed by atoms with Gasteiger partial charge in [-0.15, -0.1) is 12.6 Å². The lowest BCUT2D eigenvalue weighted by Crippen LogP contribution is -2.14. The van der Waals surface area contributed by atoms with Gasteiger partial charge in [-0.05, 0) is 34.1 Å². The van der Waals surface area contributed by atoms with Crippen molar-refractivity contribution in [3.63, 3.8) is 0 Å². The Hall–Kier alpha value is -1.59. The van der Waals surface area contributed by atoms with Crippen LogP contribution in [0.2, 0.25) is 0 Å². The minimum absolute atomic E-state index is 0.275. The summed E-state index contributed by atoms with van der Waals surface area (Å²) in [5.74, 6) is -0.275. The third-order valence-corrected chi connectivity index (χ3v) is 3.12. The van der Waals surface area contributed by atoms with Crippen LogP contribution >= 0.6 is 28.6 Å². The zero-order valence-corrected chi connectivity index (χ0v) is 12.4. The Labute approximate surface area is 125 Å². The smallest absolute Gasteiger partial charge is 0.274 e. The molecule has 3 nitrogen and oxygen atoms in total. The summed E-state index contributed by atoms with van der Waals surface area (Å²) in [6.45, 7) is 3.77. The molecule has 0 aliphatic rings. The average molecular weight is 335 g/mol. The van der Waals surface area contributed by atoms with Crippen LogP contribution in [0.5, 0.6) is 0 Å². The lowest BCUT2D eigenvalue weighted by atomic mass is 10.1. The molecular weight excluding hydrogens is 324 g/mol. The van der Waals surface area contributed by atoms with Gasteiger partial charge in [0.25, 0.3) is 5.91 Å². The number of benzene rings is 1. The molecule has 19 heavy (non-hydrogen) atoms. The van der Waals surface area contributed by atoms with E-state index in [1.807, 2.05) is 18.2 Å². The van der Waals surface area contributed by atoms with Gasteiger partial charge in [0.05, 0.1) is 0 Å². The number of carbonyl (C=O) groups is 1. The maximum atomic E-state index is 12.1. The maximum Gasteiger partial charge on any atom is 0.274 e. The van der Waals surface area contributed by atoms with Crippen molar-refractivity contribution in [3.05, 3.63) is 64.9 Å². The van der Waals surface area contributed by atoms with Crippen molar-refractivity contribution in [2.75, 3.05) is 5.32 Å². The number of hydrogen-bond acceptors (Lipinski definition) is 3. The zero-order valence-electron chi connectivity index (χ0n) is 9.93. The topological polar surface area (TPSA) is 42.0 Å². The molecule has 1 aromatic carbocycles.